The van der Waals surface area contributed by atoms with Crippen molar-refractivity contribution in [2.45, 2.75) is 32.2 Å². The van der Waals surface area contributed by atoms with E-state index in [0.29, 0.717) is 12.2 Å². The average molecular weight is 437 g/mol. The highest BCUT2D eigenvalue weighted by atomic mass is 32.2. The number of hydrogen-bond donors (Lipinski definition) is 0. The molecule has 0 spiro atoms. The number of hydrogen-bond acceptors (Lipinski definition) is 3. The molecule has 0 atom stereocenters. The lowest BCUT2D eigenvalue weighted by Crippen LogP contribution is -2.41. The number of amides is 1. The van der Waals surface area contributed by atoms with Crippen LogP contribution in [0.4, 0.5) is 5.69 Å². The first-order valence-electron chi connectivity index (χ1n) is 10.1. The van der Waals surface area contributed by atoms with E-state index in [1.807, 2.05) is 57.2 Å². The highest BCUT2D eigenvalue weighted by Gasteiger charge is 2.28. The number of anilines is 1. The third-order valence-electron chi connectivity index (χ3n) is 5.18. The van der Waals surface area contributed by atoms with Crippen molar-refractivity contribution in [1.82, 2.24) is 4.90 Å². The lowest BCUT2D eigenvalue weighted by molar-refractivity contribution is -0.128. The molecule has 3 aromatic rings. The van der Waals surface area contributed by atoms with Gasteiger partial charge in [0, 0.05) is 13.6 Å². The van der Waals surface area contributed by atoms with Crippen molar-refractivity contribution in [3.05, 3.63) is 95.1 Å². The van der Waals surface area contributed by atoms with Crippen LogP contribution in [0.3, 0.4) is 0 Å². The van der Waals surface area contributed by atoms with Crippen molar-refractivity contribution in [3.63, 3.8) is 0 Å². The van der Waals surface area contributed by atoms with Crippen LogP contribution in [0.5, 0.6) is 0 Å². The van der Waals surface area contributed by atoms with Gasteiger partial charge in [-0.2, -0.15) is 0 Å². The minimum atomic E-state index is -3.90. The minimum absolute atomic E-state index is 0.160. The molecule has 0 bridgehead atoms. The molecule has 0 N–H and O–H groups in total. The molecule has 31 heavy (non-hydrogen) atoms. The SMILES string of the molecule is Cc1ccc(CN(C)C(=O)CN(c2ccc(C)cc2)S(=O)(=O)c2ccc(C)cc2)cc1. The second-order valence-electron chi connectivity index (χ2n) is 7.90. The molecule has 0 unspecified atom stereocenters. The molecule has 0 saturated carbocycles. The minimum Gasteiger partial charge on any atom is -0.340 e. The first kappa shape index (κ1) is 22.6. The van der Waals surface area contributed by atoms with E-state index in [1.54, 1.807) is 48.3 Å². The Morgan fingerprint density at radius 2 is 1.19 bits per heavy atom. The molecule has 3 rings (SSSR count). The van der Waals surface area contributed by atoms with Crippen LogP contribution in [-0.2, 0) is 21.4 Å². The summed E-state index contributed by atoms with van der Waals surface area (Å²) >= 11 is 0. The van der Waals surface area contributed by atoms with Gasteiger partial charge in [0.15, 0.2) is 0 Å². The van der Waals surface area contributed by atoms with Crippen LogP contribution in [0, 0.1) is 20.8 Å². The Morgan fingerprint density at radius 1 is 0.742 bits per heavy atom. The number of sulfonamides is 1. The molecule has 0 fully saturated rings. The largest absolute Gasteiger partial charge is 0.340 e. The maximum absolute atomic E-state index is 13.4. The molecule has 0 saturated heterocycles. The zero-order chi connectivity index (χ0) is 22.6. The molecule has 5 nitrogen and oxygen atoms in total. The summed E-state index contributed by atoms with van der Waals surface area (Å²) in [5.41, 5.74) is 4.58. The predicted octanol–water partition coefficient (Wildman–Crippen LogP) is 4.47. The van der Waals surface area contributed by atoms with Crippen LogP contribution in [0.15, 0.2) is 77.7 Å². The molecular formula is C25H28N2O3S. The maximum Gasteiger partial charge on any atom is 0.264 e. The van der Waals surface area contributed by atoms with Crippen molar-refractivity contribution < 1.29 is 13.2 Å². The number of carbonyl (C=O) groups is 1. The van der Waals surface area contributed by atoms with E-state index < -0.39 is 10.0 Å². The normalized spacial score (nSPS) is 11.2. The quantitative estimate of drug-likeness (QED) is 0.549. The molecule has 6 heteroatoms. The monoisotopic (exact) mass is 436 g/mol. The maximum atomic E-state index is 13.4. The van der Waals surface area contributed by atoms with Gasteiger partial charge >= 0.3 is 0 Å². The van der Waals surface area contributed by atoms with E-state index in [9.17, 15) is 13.2 Å². The van der Waals surface area contributed by atoms with Gasteiger partial charge < -0.3 is 4.90 Å². The standard InChI is InChI=1S/C25H28N2O3S/c1-19-5-11-22(12-6-19)17-26(4)25(28)18-27(23-13-7-20(2)8-14-23)31(29,30)24-15-9-21(3)10-16-24/h5-16H,17-18H2,1-4H3. The summed E-state index contributed by atoms with van der Waals surface area (Å²) in [5.74, 6) is -0.281. The lowest BCUT2D eigenvalue weighted by atomic mass is 10.1. The summed E-state index contributed by atoms with van der Waals surface area (Å²) < 4.78 is 28.1. The predicted molar refractivity (Wildman–Crippen MR) is 125 cm³/mol. The highest BCUT2D eigenvalue weighted by Crippen LogP contribution is 2.24. The summed E-state index contributed by atoms with van der Waals surface area (Å²) in [6.07, 6.45) is 0. The van der Waals surface area contributed by atoms with Gasteiger partial charge in [-0.25, -0.2) is 8.42 Å². The van der Waals surface area contributed by atoms with Crippen molar-refractivity contribution in [2.75, 3.05) is 17.9 Å². The molecule has 0 aliphatic rings. The van der Waals surface area contributed by atoms with E-state index in [0.717, 1.165) is 22.3 Å². The van der Waals surface area contributed by atoms with Gasteiger partial charge in [-0.1, -0.05) is 65.2 Å². The van der Waals surface area contributed by atoms with Crippen molar-refractivity contribution >= 4 is 21.6 Å². The third-order valence-corrected chi connectivity index (χ3v) is 6.96. The number of aryl methyl sites for hydroxylation is 3. The summed E-state index contributed by atoms with van der Waals surface area (Å²) in [5, 5.41) is 0. The van der Waals surface area contributed by atoms with Crippen molar-refractivity contribution in [2.24, 2.45) is 0 Å². The van der Waals surface area contributed by atoms with Gasteiger partial charge in [-0.15, -0.1) is 0 Å². The number of nitrogens with zero attached hydrogens (tertiary/aromatic N) is 2. The van der Waals surface area contributed by atoms with Crippen molar-refractivity contribution in [1.29, 1.82) is 0 Å². The van der Waals surface area contributed by atoms with Gasteiger partial charge in [0.2, 0.25) is 5.91 Å². The number of benzene rings is 3. The Kier molecular flexibility index (Phi) is 6.81. The third kappa shape index (κ3) is 5.52. The molecule has 0 aliphatic carbocycles. The van der Waals surface area contributed by atoms with Crippen LogP contribution in [-0.4, -0.2) is 32.8 Å². The number of carbonyl (C=O) groups excluding carboxylic acids is 1. The number of likely N-dealkylation sites (N-methyl/N-ethyl adjacent to an activating group) is 1. The van der Waals surface area contributed by atoms with Gasteiger partial charge in [0.1, 0.15) is 6.54 Å². The Morgan fingerprint density at radius 3 is 1.71 bits per heavy atom. The van der Waals surface area contributed by atoms with Gasteiger partial charge in [-0.3, -0.25) is 9.10 Å². The first-order valence-corrected chi connectivity index (χ1v) is 11.6. The summed E-state index contributed by atoms with van der Waals surface area (Å²) in [4.78, 5) is 14.7. The average Bonchev–Trinajstić information content (AvgIpc) is 2.74. The fourth-order valence-electron chi connectivity index (χ4n) is 3.16. The topological polar surface area (TPSA) is 57.7 Å². The summed E-state index contributed by atoms with van der Waals surface area (Å²) in [6.45, 7) is 5.97. The van der Waals surface area contributed by atoms with E-state index in [1.165, 1.54) is 4.31 Å². The highest BCUT2D eigenvalue weighted by molar-refractivity contribution is 7.92. The Hall–Kier alpha value is -3.12. The van der Waals surface area contributed by atoms with E-state index in [2.05, 4.69) is 0 Å². The van der Waals surface area contributed by atoms with Crippen LogP contribution >= 0.6 is 0 Å². The molecule has 0 heterocycles. The Balaban J connectivity index is 1.89. The van der Waals surface area contributed by atoms with Crippen LogP contribution in [0.25, 0.3) is 0 Å². The second kappa shape index (κ2) is 9.35. The van der Waals surface area contributed by atoms with E-state index >= 15 is 0 Å². The fourth-order valence-corrected chi connectivity index (χ4v) is 4.58. The fraction of sp³-hybridized carbons (Fsp3) is 0.240. The van der Waals surface area contributed by atoms with Crippen LogP contribution < -0.4 is 4.31 Å². The van der Waals surface area contributed by atoms with Crippen molar-refractivity contribution in [3.8, 4) is 0 Å². The molecule has 0 radical (unpaired) electrons. The molecular weight excluding hydrogens is 408 g/mol. The molecule has 1 amide bonds. The zero-order valence-electron chi connectivity index (χ0n) is 18.4. The molecule has 162 valence electrons. The van der Waals surface area contributed by atoms with Crippen LogP contribution in [0.1, 0.15) is 22.3 Å². The van der Waals surface area contributed by atoms with Gasteiger partial charge in [-0.05, 0) is 50.6 Å². The first-order chi connectivity index (χ1) is 14.7. The van der Waals surface area contributed by atoms with E-state index in [-0.39, 0.29) is 17.3 Å². The molecule has 0 aromatic heterocycles. The van der Waals surface area contributed by atoms with Gasteiger partial charge in [0.25, 0.3) is 10.0 Å². The summed E-state index contributed by atoms with van der Waals surface area (Å²) in [7, 11) is -2.22. The Labute approximate surface area is 185 Å². The van der Waals surface area contributed by atoms with Gasteiger partial charge in [0.05, 0.1) is 10.6 Å². The lowest BCUT2D eigenvalue weighted by Gasteiger charge is -2.27. The van der Waals surface area contributed by atoms with E-state index in [4.69, 9.17) is 0 Å². The second-order valence-corrected chi connectivity index (χ2v) is 9.76. The molecule has 3 aromatic carbocycles. The molecule has 0 aliphatic heterocycles. The van der Waals surface area contributed by atoms with Crippen LogP contribution in [0.2, 0.25) is 0 Å². The summed E-state index contributed by atoms with van der Waals surface area (Å²) in [6, 6.07) is 21.7. The Bertz CT molecular complexity index is 1140. The number of rotatable bonds is 7. The smallest absolute Gasteiger partial charge is 0.264 e. The zero-order valence-corrected chi connectivity index (χ0v) is 19.2.